The number of benzene rings is 1. The number of aromatic nitrogens is 1. The highest BCUT2D eigenvalue weighted by molar-refractivity contribution is 9.10. The molecule has 0 saturated carbocycles. The van der Waals surface area contributed by atoms with E-state index in [2.05, 4.69) is 25.2 Å². The molecule has 92 valence electrons. The number of hydrogen-bond donors (Lipinski definition) is 1. The summed E-state index contributed by atoms with van der Waals surface area (Å²) in [5.74, 6) is 0. The van der Waals surface area contributed by atoms with Crippen LogP contribution in [-0.2, 0) is 6.54 Å². The summed E-state index contributed by atoms with van der Waals surface area (Å²) in [7, 11) is 0. The lowest BCUT2D eigenvalue weighted by Crippen LogP contribution is -2.12. The Bertz CT molecular complexity index is 542. The first-order valence-electron chi connectivity index (χ1n) is 5.03. The molecule has 2 aromatic rings. The van der Waals surface area contributed by atoms with Crippen molar-refractivity contribution in [2.24, 2.45) is 0 Å². The minimum absolute atomic E-state index is 0.573. The highest BCUT2D eigenvalue weighted by Crippen LogP contribution is 2.36. The smallest absolute Gasteiger partial charge is 0.0836 e. The standard InChI is InChI=1S/C11H11BrCl2N2S/c1-17-15-3-5-16-4-2-7-8(12)6-9(13)10(14)11(7)16/h2,4,6,15H,3,5H2,1H3. The molecule has 17 heavy (non-hydrogen) atoms. The molecule has 2 nitrogen and oxygen atoms in total. The molecule has 0 fully saturated rings. The first-order chi connectivity index (χ1) is 8.15. The van der Waals surface area contributed by atoms with Gasteiger partial charge in [0.15, 0.2) is 0 Å². The predicted octanol–water partition coefficient (Wildman–Crippen LogP) is 4.58. The van der Waals surface area contributed by atoms with E-state index in [1.54, 1.807) is 11.9 Å². The Balaban J connectivity index is 2.44. The van der Waals surface area contributed by atoms with Gasteiger partial charge in [-0.2, -0.15) is 0 Å². The summed E-state index contributed by atoms with van der Waals surface area (Å²) in [6.07, 6.45) is 4.04. The molecule has 2 rings (SSSR count). The molecule has 0 aliphatic rings. The molecular weight excluding hydrogens is 343 g/mol. The highest BCUT2D eigenvalue weighted by Gasteiger charge is 2.12. The maximum Gasteiger partial charge on any atom is 0.0836 e. The van der Waals surface area contributed by atoms with Gasteiger partial charge >= 0.3 is 0 Å². The highest BCUT2D eigenvalue weighted by atomic mass is 79.9. The van der Waals surface area contributed by atoms with Gasteiger partial charge in [-0.05, 0) is 18.4 Å². The SMILES string of the molecule is CSNCCn1ccc2c(Br)cc(Cl)c(Cl)c21. The zero-order valence-electron chi connectivity index (χ0n) is 9.14. The molecule has 1 aromatic heterocycles. The Morgan fingerprint density at radius 2 is 2.24 bits per heavy atom. The summed E-state index contributed by atoms with van der Waals surface area (Å²) in [4.78, 5) is 0. The number of rotatable bonds is 4. The van der Waals surface area contributed by atoms with Crippen molar-refractivity contribution in [3.8, 4) is 0 Å². The van der Waals surface area contributed by atoms with Gasteiger partial charge in [0.25, 0.3) is 0 Å². The van der Waals surface area contributed by atoms with E-state index in [1.807, 2.05) is 24.6 Å². The number of nitrogens with one attached hydrogen (secondary N) is 1. The average Bonchev–Trinajstić information content (AvgIpc) is 2.71. The quantitative estimate of drug-likeness (QED) is 0.492. The molecule has 1 heterocycles. The summed E-state index contributed by atoms with van der Waals surface area (Å²) < 4.78 is 6.29. The van der Waals surface area contributed by atoms with E-state index in [1.165, 1.54) is 0 Å². The lowest BCUT2D eigenvalue weighted by molar-refractivity contribution is 0.712. The zero-order valence-corrected chi connectivity index (χ0v) is 13.0. The maximum atomic E-state index is 6.26. The third-order valence-electron chi connectivity index (χ3n) is 2.49. The van der Waals surface area contributed by atoms with Crippen molar-refractivity contribution in [1.82, 2.24) is 9.29 Å². The molecule has 0 unspecified atom stereocenters. The number of nitrogens with zero attached hydrogens (tertiary/aromatic N) is 1. The van der Waals surface area contributed by atoms with Crippen LogP contribution in [-0.4, -0.2) is 17.4 Å². The van der Waals surface area contributed by atoms with Gasteiger partial charge in [0.1, 0.15) is 0 Å². The van der Waals surface area contributed by atoms with Crippen LogP contribution < -0.4 is 4.72 Å². The topological polar surface area (TPSA) is 17.0 Å². The Morgan fingerprint density at radius 1 is 1.47 bits per heavy atom. The molecule has 0 aliphatic heterocycles. The van der Waals surface area contributed by atoms with E-state index in [0.717, 1.165) is 28.5 Å². The summed E-state index contributed by atoms with van der Waals surface area (Å²) >= 11 is 17.5. The minimum Gasteiger partial charge on any atom is -0.345 e. The summed E-state index contributed by atoms with van der Waals surface area (Å²) in [6, 6.07) is 3.87. The number of hydrogen-bond acceptors (Lipinski definition) is 2. The Kier molecular flexibility index (Phi) is 4.66. The fourth-order valence-corrected chi connectivity index (χ4v) is 3.17. The molecule has 0 atom stereocenters. The Labute approximate surface area is 123 Å². The van der Waals surface area contributed by atoms with Crippen molar-refractivity contribution in [2.75, 3.05) is 12.8 Å². The van der Waals surface area contributed by atoms with Gasteiger partial charge in [-0.25, -0.2) is 0 Å². The minimum atomic E-state index is 0.573. The van der Waals surface area contributed by atoms with Gasteiger partial charge < -0.3 is 4.57 Å². The van der Waals surface area contributed by atoms with Crippen molar-refractivity contribution in [2.45, 2.75) is 6.54 Å². The van der Waals surface area contributed by atoms with Crippen LogP contribution in [0.15, 0.2) is 22.8 Å². The lowest BCUT2D eigenvalue weighted by Gasteiger charge is -2.08. The molecule has 1 N–H and O–H groups in total. The molecule has 0 bridgehead atoms. The molecule has 0 saturated heterocycles. The Hall–Kier alpha value is 0.130. The van der Waals surface area contributed by atoms with E-state index in [0.29, 0.717) is 10.0 Å². The third-order valence-corrected chi connectivity index (χ3v) is 4.42. The maximum absolute atomic E-state index is 6.26. The van der Waals surface area contributed by atoms with Gasteiger partial charge in [-0.1, -0.05) is 51.1 Å². The van der Waals surface area contributed by atoms with E-state index in [4.69, 9.17) is 23.2 Å². The fraction of sp³-hybridized carbons (Fsp3) is 0.273. The average molecular weight is 354 g/mol. The molecule has 1 aromatic carbocycles. The van der Waals surface area contributed by atoms with Gasteiger partial charge in [-0.15, -0.1) is 0 Å². The van der Waals surface area contributed by atoms with Crippen molar-refractivity contribution >= 4 is 62.0 Å². The van der Waals surface area contributed by atoms with Crippen molar-refractivity contribution < 1.29 is 0 Å². The molecule has 0 aliphatic carbocycles. The first kappa shape index (κ1) is 13.6. The normalized spacial score (nSPS) is 11.3. The van der Waals surface area contributed by atoms with Gasteiger partial charge in [0.2, 0.25) is 0 Å². The second-order valence-electron chi connectivity index (χ2n) is 3.52. The van der Waals surface area contributed by atoms with Gasteiger partial charge in [0, 0.05) is 29.1 Å². The van der Waals surface area contributed by atoms with Gasteiger partial charge in [-0.3, -0.25) is 4.72 Å². The van der Waals surface area contributed by atoms with E-state index in [9.17, 15) is 0 Å². The third kappa shape index (κ3) is 2.76. The molecular formula is C11H11BrCl2N2S. The van der Waals surface area contributed by atoms with Crippen LogP contribution in [0.4, 0.5) is 0 Å². The number of halogens is 3. The van der Waals surface area contributed by atoms with Crippen molar-refractivity contribution in [3.05, 3.63) is 32.8 Å². The van der Waals surface area contributed by atoms with Crippen LogP contribution in [0.3, 0.4) is 0 Å². The molecule has 0 radical (unpaired) electrons. The van der Waals surface area contributed by atoms with E-state index in [-0.39, 0.29) is 0 Å². The lowest BCUT2D eigenvalue weighted by atomic mass is 10.2. The van der Waals surface area contributed by atoms with E-state index >= 15 is 0 Å². The largest absolute Gasteiger partial charge is 0.345 e. The molecule has 6 heteroatoms. The second kappa shape index (κ2) is 5.85. The van der Waals surface area contributed by atoms with Crippen LogP contribution in [0.5, 0.6) is 0 Å². The van der Waals surface area contributed by atoms with Gasteiger partial charge in [0.05, 0.1) is 15.6 Å². The van der Waals surface area contributed by atoms with Crippen LogP contribution in [0.25, 0.3) is 10.9 Å². The Morgan fingerprint density at radius 3 is 2.94 bits per heavy atom. The molecule has 0 amide bonds. The van der Waals surface area contributed by atoms with E-state index < -0.39 is 0 Å². The summed E-state index contributed by atoms with van der Waals surface area (Å²) in [5, 5.41) is 2.27. The monoisotopic (exact) mass is 352 g/mol. The van der Waals surface area contributed by atoms with Crippen molar-refractivity contribution in [1.29, 1.82) is 0 Å². The van der Waals surface area contributed by atoms with Crippen molar-refractivity contribution in [3.63, 3.8) is 0 Å². The fourth-order valence-electron chi connectivity index (χ4n) is 1.73. The van der Waals surface area contributed by atoms with Crippen LogP contribution >= 0.6 is 51.1 Å². The summed E-state index contributed by atoms with van der Waals surface area (Å²) in [6.45, 7) is 1.74. The van der Waals surface area contributed by atoms with Crippen LogP contribution in [0.1, 0.15) is 0 Å². The zero-order chi connectivity index (χ0) is 12.4. The molecule has 0 spiro atoms. The summed E-state index contributed by atoms with van der Waals surface area (Å²) in [5.41, 5.74) is 0.981. The van der Waals surface area contributed by atoms with Crippen LogP contribution in [0, 0.1) is 0 Å². The second-order valence-corrected chi connectivity index (χ2v) is 5.86. The van der Waals surface area contributed by atoms with Crippen LogP contribution in [0.2, 0.25) is 10.0 Å². The first-order valence-corrected chi connectivity index (χ1v) is 7.80. The predicted molar refractivity (Wildman–Crippen MR) is 81.2 cm³/mol. The number of fused-ring (bicyclic) bond motifs is 1.